The summed E-state index contributed by atoms with van der Waals surface area (Å²) in [6.07, 6.45) is 0.476. The van der Waals surface area contributed by atoms with Crippen LogP contribution >= 0.6 is 0 Å². The maximum Gasteiger partial charge on any atom is 0.194 e. The fourth-order valence-electron chi connectivity index (χ4n) is 2.96. The summed E-state index contributed by atoms with van der Waals surface area (Å²) in [5.74, 6) is 2.18. The van der Waals surface area contributed by atoms with Gasteiger partial charge in [0.15, 0.2) is 5.96 Å². The molecule has 2 unspecified atom stereocenters. The van der Waals surface area contributed by atoms with Gasteiger partial charge in [-0.1, -0.05) is 12.1 Å². The van der Waals surface area contributed by atoms with E-state index in [-0.39, 0.29) is 6.61 Å². The van der Waals surface area contributed by atoms with Gasteiger partial charge in [0, 0.05) is 32.7 Å². The zero-order valence-electron chi connectivity index (χ0n) is 15.6. The first kappa shape index (κ1) is 19.5. The third kappa shape index (κ3) is 6.55. The number of guanidine groups is 1. The van der Waals surface area contributed by atoms with Crippen molar-refractivity contribution < 1.29 is 14.6 Å². The first-order valence-corrected chi connectivity index (χ1v) is 9.02. The van der Waals surface area contributed by atoms with Gasteiger partial charge in [-0.2, -0.15) is 0 Å². The second-order valence-corrected chi connectivity index (χ2v) is 6.53. The van der Waals surface area contributed by atoms with E-state index in [0.717, 1.165) is 49.9 Å². The van der Waals surface area contributed by atoms with Gasteiger partial charge in [-0.05, 0) is 38.0 Å². The molecule has 0 amide bonds. The predicted octanol–water partition coefficient (Wildman–Crippen LogP) is 1.67. The molecule has 6 nitrogen and oxygen atoms in total. The summed E-state index contributed by atoms with van der Waals surface area (Å²) in [6, 6.07) is 7.82. The Hall–Kier alpha value is -1.79. The Morgan fingerprint density at radius 3 is 3.04 bits per heavy atom. The molecule has 0 aromatic heterocycles. The van der Waals surface area contributed by atoms with Gasteiger partial charge in [-0.3, -0.25) is 4.99 Å². The molecule has 0 radical (unpaired) electrons. The molecule has 1 aromatic rings. The number of nitrogens with one attached hydrogen (secondary N) is 1. The van der Waals surface area contributed by atoms with Gasteiger partial charge in [0.2, 0.25) is 0 Å². The number of rotatable bonds is 8. The maximum atomic E-state index is 10.2. The number of hydrogen-bond donors (Lipinski definition) is 2. The van der Waals surface area contributed by atoms with Gasteiger partial charge in [0.05, 0.1) is 13.2 Å². The smallest absolute Gasteiger partial charge is 0.194 e. The molecule has 140 valence electrons. The molecular weight excluding hydrogens is 318 g/mol. The number of nitrogens with zero attached hydrogens (tertiary/aromatic N) is 2. The van der Waals surface area contributed by atoms with Crippen molar-refractivity contribution in [1.29, 1.82) is 0 Å². The van der Waals surface area contributed by atoms with Gasteiger partial charge in [0.25, 0.3) is 0 Å². The fraction of sp³-hybridized carbons (Fsp3) is 0.632. The second-order valence-electron chi connectivity index (χ2n) is 6.53. The Kier molecular flexibility index (Phi) is 8.01. The van der Waals surface area contributed by atoms with Crippen LogP contribution < -0.4 is 10.1 Å². The molecule has 0 bridgehead atoms. The normalized spacial score (nSPS) is 19.1. The molecule has 1 fully saturated rings. The minimum absolute atomic E-state index is 0.235. The molecule has 0 aliphatic carbocycles. The van der Waals surface area contributed by atoms with Crippen molar-refractivity contribution in [2.45, 2.75) is 26.4 Å². The van der Waals surface area contributed by atoms with Crippen LogP contribution in [0.1, 0.15) is 18.9 Å². The van der Waals surface area contributed by atoms with Crippen LogP contribution in [0.5, 0.6) is 5.75 Å². The number of ether oxygens (including phenoxy) is 2. The van der Waals surface area contributed by atoms with E-state index in [4.69, 9.17) is 9.47 Å². The van der Waals surface area contributed by atoms with Crippen LogP contribution in [-0.4, -0.2) is 68.6 Å². The molecule has 2 N–H and O–H groups in total. The second kappa shape index (κ2) is 10.3. The van der Waals surface area contributed by atoms with Crippen molar-refractivity contribution in [2.24, 2.45) is 10.9 Å². The average molecular weight is 349 g/mol. The number of aliphatic imine (C=N–C) groups is 1. The monoisotopic (exact) mass is 349 g/mol. The van der Waals surface area contributed by atoms with Crippen LogP contribution in [0.15, 0.2) is 29.3 Å². The lowest BCUT2D eigenvalue weighted by atomic mass is 10.1. The third-order valence-corrected chi connectivity index (χ3v) is 4.21. The molecule has 2 rings (SSSR count). The van der Waals surface area contributed by atoms with E-state index < -0.39 is 6.10 Å². The molecule has 6 heteroatoms. The van der Waals surface area contributed by atoms with Crippen LogP contribution in [0.25, 0.3) is 0 Å². The van der Waals surface area contributed by atoms with E-state index in [0.29, 0.717) is 12.5 Å². The first-order chi connectivity index (χ1) is 12.1. The molecule has 2 atom stereocenters. The van der Waals surface area contributed by atoms with Gasteiger partial charge in [0.1, 0.15) is 18.5 Å². The van der Waals surface area contributed by atoms with Crippen molar-refractivity contribution in [3.05, 3.63) is 29.8 Å². The molecule has 1 aromatic carbocycles. The molecule has 1 aliphatic rings. The van der Waals surface area contributed by atoms with E-state index in [2.05, 4.69) is 22.1 Å². The minimum Gasteiger partial charge on any atom is -0.491 e. The van der Waals surface area contributed by atoms with Crippen LogP contribution in [0.2, 0.25) is 0 Å². The topological polar surface area (TPSA) is 66.3 Å². The number of hydrogen-bond acceptors (Lipinski definition) is 4. The highest BCUT2D eigenvalue weighted by atomic mass is 16.5. The number of aliphatic hydroxyl groups is 1. The molecule has 25 heavy (non-hydrogen) atoms. The molecule has 1 aliphatic heterocycles. The quantitative estimate of drug-likeness (QED) is 0.552. The van der Waals surface area contributed by atoms with E-state index in [1.807, 2.05) is 31.2 Å². The molecular formula is C19H31N3O3. The Morgan fingerprint density at radius 1 is 1.48 bits per heavy atom. The molecule has 0 spiro atoms. The summed E-state index contributed by atoms with van der Waals surface area (Å²) >= 11 is 0. The predicted molar refractivity (Wildman–Crippen MR) is 100 cm³/mol. The van der Waals surface area contributed by atoms with Crippen molar-refractivity contribution in [3.8, 4) is 5.75 Å². The minimum atomic E-state index is -0.633. The lowest BCUT2D eigenvalue weighted by Gasteiger charge is -2.22. The van der Waals surface area contributed by atoms with Crippen LogP contribution in [0.3, 0.4) is 0 Å². The van der Waals surface area contributed by atoms with E-state index in [9.17, 15) is 5.11 Å². The fourth-order valence-corrected chi connectivity index (χ4v) is 2.96. The average Bonchev–Trinajstić information content (AvgIpc) is 3.05. The standard InChI is InChI=1S/C19H31N3O3/c1-4-20-19(22-9-8-16(12-22)13-24-3)21-11-17(23)14-25-18-7-5-6-15(2)10-18/h5-7,10,16-17,23H,4,8-9,11-14H2,1-3H3,(H,20,21). The summed E-state index contributed by atoms with van der Waals surface area (Å²) in [6.45, 7) is 8.12. The van der Waals surface area contributed by atoms with Crippen molar-refractivity contribution in [3.63, 3.8) is 0 Å². The molecule has 1 heterocycles. The number of aryl methyl sites for hydroxylation is 1. The summed E-state index contributed by atoms with van der Waals surface area (Å²) < 4.78 is 10.9. The Labute approximate surface area is 150 Å². The molecule has 0 saturated carbocycles. The number of methoxy groups -OCH3 is 1. The van der Waals surface area contributed by atoms with Crippen molar-refractivity contribution in [2.75, 3.05) is 46.5 Å². The van der Waals surface area contributed by atoms with E-state index in [1.54, 1.807) is 7.11 Å². The largest absolute Gasteiger partial charge is 0.491 e. The van der Waals surface area contributed by atoms with Crippen LogP contribution in [0, 0.1) is 12.8 Å². The Bertz CT molecular complexity index is 550. The Morgan fingerprint density at radius 2 is 2.32 bits per heavy atom. The number of likely N-dealkylation sites (tertiary alicyclic amines) is 1. The van der Waals surface area contributed by atoms with Crippen molar-refractivity contribution in [1.82, 2.24) is 10.2 Å². The SMILES string of the molecule is CCNC(=NCC(O)COc1cccc(C)c1)N1CCC(COC)C1. The zero-order chi connectivity index (χ0) is 18.1. The van der Waals surface area contributed by atoms with Crippen LogP contribution in [-0.2, 0) is 4.74 Å². The van der Waals surface area contributed by atoms with Crippen LogP contribution in [0.4, 0.5) is 0 Å². The summed E-state index contributed by atoms with van der Waals surface area (Å²) in [5, 5.41) is 13.5. The highest BCUT2D eigenvalue weighted by Gasteiger charge is 2.24. The maximum absolute atomic E-state index is 10.2. The van der Waals surface area contributed by atoms with E-state index >= 15 is 0 Å². The Balaban J connectivity index is 1.83. The summed E-state index contributed by atoms with van der Waals surface area (Å²) in [7, 11) is 1.74. The highest BCUT2D eigenvalue weighted by molar-refractivity contribution is 5.80. The number of benzene rings is 1. The summed E-state index contributed by atoms with van der Waals surface area (Å²) in [4.78, 5) is 6.82. The van der Waals surface area contributed by atoms with Crippen molar-refractivity contribution >= 4 is 5.96 Å². The lowest BCUT2D eigenvalue weighted by Crippen LogP contribution is -2.41. The summed E-state index contributed by atoms with van der Waals surface area (Å²) in [5.41, 5.74) is 1.14. The highest BCUT2D eigenvalue weighted by Crippen LogP contribution is 2.16. The van der Waals surface area contributed by atoms with Gasteiger partial charge in [-0.15, -0.1) is 0 Å². The lowest BCUT2D eigenvalue weighted by molar-refractivity contribution is 0.114. The van der Waals surface area contributed by atoms with Gasteiger partial charge in [-0.25, -0.2) is 0 Å². The molecule has 1 saturated heterocycles. The first-order valence-electron chi connectivity index (χ1n) is 9.02. The van der Waals surface area contributed by atoms with Gasteiger partial charge < -0.3 is 24.8 Å². The third-order valence-electron chi connectivity index (χ3n) is 4.21. The zero-order valence-corrected chi connectivity index (χ0v) is 15.6. The van der Waals surface area contributed by atoms with Gasteiger partial charge >= 0.3 is 0 Å². The number of aliphatic hydroxyl groups excluding tert-OH is 1. The van der Waals surface area contributed by atoms with E-state index in [1.165, 1.54) is 0 Å².